The quantitative estimate of drug-likeness (QED) is 0.887. The zero-order valence-electron chi connectivity index (χ0n) is 11.2. The van der Waals surface area contributed by atoms with Gasteiger partial charge < -0.3 is 4.74 Å². The Morgan fingerprint density at radius 1 is 1.29 bits per heavy atom. The van der Waals surface area contributed by atoms with Crippen LogP contribution in [0.1, 0.15) is 11.4 Å². The summed E-state index contributed by atoms with van der Waals surface area (Å²) in [5, 5.41) is 6.35. The predicted molar refractivity (Wildman–Crippen MR) is 71.9 cm³/mol. The lowest BCUT2D eigenvalue weighted by molar-refractivity contribution is -0.0493. The van der Waals surface area contributed by atoms with E-state index in [0.717, 1.165) is 0 Å². The van der Waals surface area contributed by atoms with Gasteiger partial charge in [0.2, 0.25) is 0 Å². The van der Waals surface area contributed by atoms with Gasteiger partial charge in [-0.15, -0.1) is 0 Å². The molecule has 2 N–H and O–H groups in total. The molecule has 0 saturated heterocycles. The maximum Gasteiger partial charge on any atom is 0.387 e. The number of ether oxygens (including phenoxy) is 1. The van der Waals surface area contributed by atoms with Crippen molar-refractivity contribution in [1.29, 1.82) is 0 Å². The first-order valence-corrected chi connectivity index (χ1v) is 7.38. The summed E-state index contributed by atoms with van der Waals surface area (Å²) in [5.41, 5.74) is 0.567. The average Bonchev–Trinajstić information content (AvgIpc) is 2.71. The van der Waals surface area contributed by atoms with E-state index in [4.69, 9.17) is 0 Å². The number of para-hydroxylation sites is 2. The first-order chi connectivity index (χ1) is 9.81. The van der Waals surface area contributed by atoms with Crippen molar-refractivity contribution in [3.63, 3.8) is 0 Å². The second kappa shape index (κ2) is 5.68. The molecule has 0 aliphatic heterocycles. The fraction of sp³-hybridized carbons (Fsp3) is 0.250. The molecule has 0 bridgehead atoms. The average molecular weight is 317 g/mol. The lowest BCUT2D eigenvalue weighted by Crippen LogP contribution is -2.16. The van der Waals surface area contributed by atoms with Crippen molar-refractivity contribution >= 4 is 15.7 Å². The summed E-state index contributed by atoms with van der Waals surface area (Å²) in [5.74, 6) is -0.255. The van der Waals surface area contributed by atoms with E-state index in [1.165, 1.54) is 31.2 Å². The van der Waals surface area contributed by atoms with Crippen LogP contribution in [0, 0.1) is 13.8 Å². The van der Waals surface area contributed by atoms with Crippen molar-refractivity contribution in [3.8, 4) is 5.75 Å². The molecular weight excluding hydrogens is 304 g/mol. The Morgan fingerprint density at radius 2 is 1.95 bits per heavy atom. The zero-order valence-corrected chi connectivity index (χ0v) is 12.0. The largest absolute Gasteiger partial charge is 0.433 e. The van der Waals surface area contributed by atoms with Gasteiger partial charge in [-0.25, -0.2) is 8.42 Å². The van der Waals surface area contributed by atoms with E-state index in [2.05, 4.69) is 19.7 Å². The molecule has 0 saturated carbocycles. The van der Waals surface area contributed by atoms with Gasteiger partial charge in [0.15, 0.2) is 0 Å². The molecule has 1 aromatic carbocycles. The molecule has 1 aromatic heterocycles. The van der Waals surface area contributed by atoms with Crippen LogP contribution in [-0.4, -0.2) is 25.2 Å². The normalized spacial score (nSPS) is 11.7. The van der Waals surface area contributed by atoms with Crippen LogP contribution in [-0.2, 0) is 10.0 Å². The lowest BCUT2D eigenvalue weighted by Gasteiger charge is -2.13. The SMILES string of the molecule is Cc1n[nH]c(C)c1S(=O)(=O)Nc1ccccc1OC(F)F. The van der Waals surface area contributed by atoms with Gasteiger partial charge in [0.25, 0.3) is 10.0 Å². The summed E-state index contributed by atoms with van der Waals surface area (Å²) in [4.78, 5) is -0.0191. The van der Waals surface area contributed by atoms with Crippen LogP contribution < -0.4 is 9.46 Å². The number of nitrogens with one attached hydrogen (secondary N) is 2. The van der Waals surface area contributed by atoms with E-state index in [1.807, 2.05) is 0 Å². The highest BCUT2D eigenvalue weighted by atomic mass is 32.2. The lowest BCUT2D eigenvalue weighted by atomic mass is 10.3. The molecule has 21 heavy (non-hydrogen) atoms. The van der Waals surface area contributed by atoms with E-state index in [1.54, 1.807) is 6.92 Å². The summed E-state index contributed by atoms with van der Waals surface area (Å²) >= 11 is 0. The maximum atomic E-state index is 12.3. The second-order valence-electron chi connectivity index (χ2n) is 4.24. The predicted octanol–water partition coefficient (Wildman–Crippen LogP) is 2.43. The Hall–Kier alpha value is -2.16. The van der Waals surface area contributed by atoms with E-state index >= 15 is 0 Å². The van der Waals surface area contributed by atoms with Crippen LogP contribution in [0.5, 0.6) is 5.75 Å². The summed E-state index contributed by atoms with van der Waals surface area (Å²) in [7, 11) is -3.96. The van der Waals surface area contributed by atoms with Gasteiger partial charge in [-0.05, 0) is 26.0 Å². The van der Waals surface area contributed by atoms with E-state index in [0.29, 0.717) is 5.69 Å². The third-order valence-electron chi connectivity index (χ3n) is 2.68. The van der Waals surface area contributed by atoms with Crippen LogP contribution in [0.25, 0.3) is 0 Å². The zero-order chi connectivity index (χ0) is 15.6. The second-order valence-corrected chi connectivity index (χ2v) is 5.86. The number of halogens is 2. The van der Waals surface area contributed by atoms with Gasteiger partial charge >= 0.3 is 6.61 Å². The standard InChI is InChI=1S/C12H13F2N3O3S/c1-7-11(8(2)16-15-7)21(18,19)17-9-5-3-4-6-10(9)20-12(13)14/h3-6,12,17H,1-2H3,(H,15,16). The Morgan fingerprint density at radius 3 is 2.52 bits per heavy atom. The minimum Gasteiger partial charge on any atom is -0.433 e. The van der Waals surface area contributed by atoms with Crippen LogP contribution in [0.15, 0.2) is 29.2 Å². The highest BCUT2D eigenvalue weighted by Gasteiger charge is 2.23. The number of rotatable bonds is 5. The number of aromatic nitrogens is 2. The monoisotopic (exact) mass is 317 g/mol. The van der Waals surface area contributed by atoms with Crippen molar-refractivity contribution in [1.82, 2.24) is 10.2 Å². The topological polar surface area (TPSA) is 84.1 Å². The summed E-state index contributed by atoms with van der Waals surface area (Å²) in [6, 6.07) is 5.55. The van der Waals surface area contributed by atoms with Gasteiger partial charge in [0.1, 0.15) is 10.6 Å². The maximum absolute atomic E-state index is 12.3. The van der Waals surface area contributed by atoms with Gasteiger partial charge in [0.05, 0.1) is 17.1 Å². The van der Waals surface area contributed by atoms with Gasteiger partial charge in [-0.3, -0.25) is 9.82 Å². The Balaban J connectivity index is 2.38. The number of nitrogens with zero attached hydrogens (tertiary/aromatic N) is 1. The minimum absolute atomic E-state index is 0.0191. The molecule has 114 valence electrons. The fourth-order valence-corrected chi connectivity index (χ4v) is 3.33. The van der Waals surface area contributed by atoms with Crippen molar-refractivity contribution < 1.29 is 21.9 Å². The summed E-state index contributed by atoms with van der Waals surface area (Å²) < 4.78 is 55.8. The number of alkyl halides is 2. The van der Waals surface area contributed by atoms with Crippen LogP contribution in [0.3, 0.4) is 0 Å². The molecule has 0 aliphatic carbocycles. The first kappa shape index (κ1) is 15.2. The van der Waals surface area contributed by atoms with Gasteiger partial charge in [0, 0.05) is 0 Å². The number of anilines is 1. The van der Waals surface area contributed by atoms with E-state index in [9.17, 15) is 17.2 Å². The first-order valence-electron chi connectivity index (χ1n) is 5.89. The number of sulfonamides is 1. The van der Waals surface area contributed by atoms with Crippen LogP contribution >= 0.6 is 0 Å². The Kier molecular flexibility index (Phi) is 4.12. The number of H-pyrrole nitrogens is 1. The Bertz CT molecular complexity index is 724. The highest BCUT2D eigenvalue weighted by Crippen LogP contribution is 2.29. The van der Waals surface area contributed by atoms with Crippen molar-refractivity contribution in [2.75, 3.05) is 4.72 Å². The van der Waals surface area contributed by atoms with Crippen LogP contribution in [0.4, 0.5) is 14.5 Å². The molecular formula is C12H13F2N3O3S. The molecule has 0 unspecified atom stereocenters. The molecule has 0 spiro atoms. The van der Waals surface area contributed by atoms with Gasteiger partial charge in [-0.2, -0.15) is 13.9 Å². The van der Waals surface area contributed by atoms with Crippen molar-refractivity contribution in [2.45, 2.75) is 25.4 Å². The van der Waals surface area contributed by atoms with Gasteiger partial charge in [-0.1, -0.05) is 12.1 Å². The molecule has 2 rings (SSSR count). The molecule has 9 heteroatoms. The van der Waals surface area contributed by atoms with E-state index < -0.39 is 16.6 Å². The molecule has 0 amide bonds. The molecule has 1 heterocycles. The molecule has 0 aliphatic rings. The summed E-state index contributed by atoms with van der Waals surface area (Å²) in [6.07, 6.45) is 0. The molecule has 6 nitrogen and oxygen atoms in total. The number of aromatic amines is 1. The third-order valence-corrected chi connectivity index (χ3v) is 4.30. The van der Waals surface area contributed by atoms with Crippen molar-refractivity contribution in [2.24, 2.45) is 0 Å². The summed E-state index contributed by atoms with van der Waals surface area (Å²) in [6.45, 7) is 0.0310. The van der Waals surface area contributed by atoms with E-state index in [-0.39, 0.29) is 22.0 Å². The highest BCUT2D eigenvalue weighted by molar-refractivity contribution is 7.92. The number of benzene rings is 1. The molecule has 0 radical (unpaired) electrons. The number of aryl methyl sites for hydroxylation is 2. The molecule has 2 aromatic rings. The minimum atomic E-state index is -3.96. The van der Waals surface area contributed by atoms with Crippen LogP contribution in [0.2, 0.25) is 0 Å². The molecule has 0 fully saturated rings. The number of hydrogen-bond acceptors (Lipinski definition) is 4. The smallest absolute Gasteiger partial charge is 0.387 e. The fourth-order valence-electron chi connectivity index (χ4n) is 1.88. The molecule has 0 atom stereocenters. The Labute approximate surface area is 120 Å². The number of hydrogen-bond donors (Lipinski definition) is 2. The van der Waals surface area contributed by atoms with Crippen molar-refractivity contribution in [3.05, 3.63) is 35.7 Å². The third kappa shape index (κ3) is 3.30.